The summed E-state index contributed by atoms with van der Waals surface area (Å²) in [5.74, 6) is -0.178. The molecular weight excluding hydrogens is 377 g/mol. The number of hydrogen-bond acceptors (Lipinski definition) is 2. The van der Waals surface area contributed by atoms with Gasteiger partial charge in [0.25, 0.3) is 0 Å². The van der Waals surface area contributed by atoms with Gasteiger partial charge in [-0.15, -0.1) is 0 Å². The number of benzene rings is 3. The van der Waals surface area contributed by atoms with E-state index >= 15 is 0 Å². The van der Waals surface area contributed by atoms with Gasteiger partial charge < -0.3 is 0 Å². The topological polar surface area (TPSA) is 34.9 Å². The van der Waals surface area contributed by atoms with Crippen LogP contribution in [0.2, 0.25) is 0 Å². The summed E-state index contributed by atoms with van der Waals surface area (Å²) in [5, 5.41) is 0. The number of imidazole rings is 1. The molecule has 0 saturated carbocycles. The summed E-state index contributed by atoms with van der Waals surface area (Å²) in [6.07, 6.45) is -2.87. The average molecular weight is 392 g/mol. The van der Waals surface area contributed by atoms with E-state index in [-0.39, 0.29) is 11.6 Å². The fourth-order valence-electron chi connectivity index (χ4n) is 3.10. The highest BCUT2D eigenvalue weighted by Gasteiger charge is 2.30. The van der Waals surface area contributed by atoms with Gasteiger partial charge in [0, 0.05) is 16.8 Å². The molecule has 0 saturated heterocycles. The number of rotatable bonds is 4. The molecule has 0 fully saturated rings. The summed E-state index contributed by atoms with van der Waals surface area (Å²) >= 11 is 0. The van der Waals surface area contributed by atoms with Crippen molar-refractivity contribution in [2.75, 3.05) is 0 Å². The lowest BCUT2D eigenvalue weighted by Gasteiger charge is -2.13. The molecular formula is C23H15F3N2O. The van der Waals surface area contributed by atoms with Crippen LogP contribution < -0.4 is 0 Å². The molecule has 0 aliphatic carbocycles. The fraction of sp³-hybridized carbons (Fsp3) is 0.0435. The molecule has 4 rings (SSSR count). The standard InChI is InChI=1S/C23H15F3N2O/c24-23(25,26)18-11-13-19(14-12-18)28-20(16-7-3-1-4-8-16)15-27-22(28)21(29)17-9-5-2-6-10-17/h1-15H. The highest BCUT2D eigenvalue weighted by Crippen LogP contribution is 2.31. The SMILES string of the molecule is O=C(c1ccccc1)c1ncc(-c2ccccc2)n1-c1ccc(C(F)(F)F)cc1. The van der Waals surface area contributed by atoms with Gasteiger partial charge >= 0.3 is 6.18 Å². The maximum absolute atomic E-state index is 13.0. The smallest absolute Gasteiger partial charge is 0.290 e. The second kappa shape index (κ2) is 7.39. The molecule has 0 N–H and O–H groups in total. The number of alkyl halides is 3. The van der Waals surface area contributed by atoms with Gasteiger partial charge in [-0.2, -0.15) is 13.2 Å². The van der Waals surface area contributed by atoms with Crippen molar-refractivity contribution in [3.8, 4) is 16.9 Å². The predicted molar refractivity (Wildman–Crippen MR) is 104 cm³/mol. The lowest BCUT2D eigenvalue weighted by atomic mass is 10.1. The molecule has 0 unspecified atom stereocenters. The second-order valence-corrected chi connectivity index (χ2v) is 6.41. The molecule has 0 amide bonds. The minimum Gasteiger partial charge on any atom is -0.290 e. The van der Waals surface area contributed by atoms with Crippen molar-refractivity contribution >= 4 is 5.78 Å². The molecule has 4 aromatic rings. The molecule has 3 aromatic carbocycles. The Hall–Kier alpha value is -3.67. The Morgan fingerprint density at radius 1 is 0.793 bits per heavy atom. The molecule has 1 heterocycles. The van der Waals surface area contributed by atoms with Gasteiger partial charge in [-0.3, -0.25) is 9.36 Å². The van der Waals surface area contributed by atoms with Gasteiger partial charge in [-0.1, -0.05) is 60.7 Å². The number of carbonyl (C=O) groups excluding carboxylic acids is 1. The lowest BCUT2D eigenvalue weighted by Crippen LogP contribution is -2.12. The number of nitrogens with zero attached hydrogens (tertiary/aromatic N) is 2. The van der Waals surface area contributed by atoms with Gasteiger partial charge in [0.15, 0.2) is 5.82 Å². The van der Waals surface area contributed by atoms with Crippen LogP contribution in [-0.4, -0.2) is 15.3 Å². The maximum atomic E-state index is 13.0. The Bertz CT molecular complexity index is 1130. The Balaban J connectivity index is 1.88. The van der Waals surface area contributed by atoms with E-state index in [1.807, 2.05) is 30.3 Å². The van der Waals surface area contributed by atoms with Crippen molar-refractivity contribution in [1.82, 2.24) is 9.55 Å². The van der Waals surface area contributed by atoms with Crippen LogP contribution in [0.25, 0.3) is 16.9 Å². The number of halogens is 3. The summed E-state index contributed by atoms with van der Waals surface area (Å²) in [5.41, 5.74) is 1.54. The Kier molecular flexibility index (Phi) is 4.76. The van der Waals surface area contributed by atoms with Crippen LogP contribution in [0.1, 0.15) is 21.7 Å². The van der Waals surface area contributed by atoms with E-state index in [0.717, 1.165) is 17.7 Å². The van der Waals surface area contributed by atoms with Crippen molar-refractivity contribution in [1.29, 1.82) is 0 Å². The largest absolute Gasteiger partial charge is 0.416 e. The molecule has 144 valence electrons. The van der Waals surface area contributed by atoms with Gasteiger partial charge in [-0.25, -0.2) is 4.98 Å². The van der Waals surface area contributed by atoms with E-state index in [9.17, 15) is 18.0 Å². The molecule has 0 aliphatic rings. The molecule has 1 aromatic heterocycles. The van der Waals surface area contributed by atoms with E-state index in [1.54, 1.807) is 41.1 Å². The van der Waals surface area contributed by atoms with E-state index in [4.69, 9.17) is 0 Å². The first-order chi connectivity index (χ1) is 13.9. The maximum Gasteiger partial charge on any atom is 0.416 e. The van der Waals surface area contributed by atoms with Crippen LogP contribution in [0.5, 0.6) is 0 Å². The summed E-state index contributed by atoms with van der Waals surface area (Å²) < 4.78 is 40.5. The van der Waals surface area contributed by atoms with Gasteiger partial charge in [0.1, 0.15) is 0 Å². The molecule has 0 spiro atoms. The van der Waals surface area contributed by atoms with Crippen LogP contribution in [0.3, 0.4) is 0 Å². The van der Waals surface area contributed by atoms with Crippen LogP contribution in [0, 0.1) is 0 Å². The third-order valence-electron chi connectivity index (χ3n) is 4.52. The summed E-state index contributed by atoms with van der Waals surface area (Å²) in [7, 11) is 0. The fourth-order valence-corrected chi connectivity index (χ4v) is 3.10. The van der Waals surface area contributed by atoms with E-state index < -0.39 is 11.7 Å². The highest BCUT2D eigenvalue weighted by molar-refractivity contribution is 6.07. The van der Waals surface area contributed by atoms with Crippen molar-refractivity contribution in [2.24, 2.45) is 0 Å². The van der Waals surface area contributed by atoms with Gasteiger partial charge in [0.05, 0.1) is 17.5 Å². The number of carbonyl (C=O) groups is 1. The molecule has 0 bridgehead atoms. The first kappa shape index (κ1) is 18.7. The van der Waals surface area contributed by atoms with Crippen LogP contribution in [-0.2, 0) is 6.18 Å². The van der Waals surface area contributed by atoms with Crippen molar-refractivity contribution in [3.63, 3.8) is 0 Å². The van der Waals surface area contributed by atoms with Crippen LogP contribution >= 0.6 is 0 Å². The number of hydrogen-bond donors (Lipinski definition) is 0. The zero-order valence-electron chi connectivity index (χ0n) is 15.1. The monoisotopic (exact) mass is 392 g/mol. The zero-order chi connectivity index (χ0) is 20.4. The Morgan fingerprint density at radius 3 is 1.97 bits per heavy atom. The van der Waals surface area contributed by atoms with Crippen molar-refractivity contribution < 1.29 is 18.0 Å². The summed E-state index contributed by atoms with van der Waals surface area (Å²) in [6, 6.07) is 22.6. The van der Waals surface area contributed by atoms with E-state index in [0.29, 0.717) is 16.9 Å². The molecule has 0 atom stereocenters. The molecule has 0 radical (unpaired) electrons. The lowest BCUT2D eigenvalue weighted by molar-refractivity contribution is -0.137. The Labute approximate surface area is 165 Å². The highest BCUT2D eigenvalue weighted by atomic mass is 19.4. The minimum atomic E-state index is -4.43. The quantitative estimate of drug-likeness (QED) is 0.412. The Morgan fingerprint density at radius 2 is 1.38 bits per heavy atom. The second-order valence-electron chi connectivity index (χ2n) is 6.41. The third kappa shape index (κ3) is 3.69. The number of aromatic nitrogens is 2. The van der Waals surface area contributed by atoms with Crippen LogP contribution in [0.15, 0.2) is 91.1 Å². The average Bonchev–Trinajstić information content (AvgIpc) is 3.19. The van der Waals surface area contributed by atoms with E-state index in [2.05, 4.69) is 4.98 Å². The molecule has 29 heavy (non-hydrogen) atoms. The first-order valence-electron chi connectivity index (χ1n) is 8.86. The number of ketones is 1. The summed E-state index contributed by atoms with van der Waals surface area (Å²) in [6.45, 7) is 0. The van der Waals surface area contributed by atoms with Gasteiger partial charge in [-0.05, 0) is 24.3 Å². The molecule has 0 aliphatic heterocycles. The third-order valence-corrected chi connectivity index (χ3v) is 4.52. The van der Waals surface area contributed by atoms with E-state index in [1.165, 1.54) is 12.1 Å². The predicted octanol–water partition coefficient (Wildman–Crippen LogP) is 5.79. The molecule has 3 nitrogen and oxygen atoms in total. The van der Waals surface area contributed by atoms with Crippen molar-refractivity contribution in [3.05, 3.63) is 108 Å². The summed E-state index contributed by atoms with van der Waals surface area (Å²) in [4.78, 5) is 17.4. The molecule has 6 heteroatoms. The van der Waals surface area contributed by atoms with Crippen LogP contribution in [0.4, 0.5) is 13.2 Å². The minimum absolute atomic E-state index is 0.134. The zero-order valence-corrected chi connectivity index (χ0v) is 15.1. The van der Waals surface area contributed by atoms with Crippen molar-refractivity contribution in [2.45, 2.75) is 6.18 Å². The first-order valence-corrected chi connectivity index (χ1v) is 8.86. The van der Waals surface area contributed by atoms with Gasteiger partial charge in [0.2, 0.25) is 5.78 Å². The normalized spacial score (nSPS) is 11.4.